The van der Waals surface area contributed by atoms with Gasteiger partial charge < -0.3 is 10.6 Å². The van der Waals surface area contributed by atoms with E-state index in [0.29, 0.717) is 12.1 Å². The van der Waals surface area contributed by atoms with Crippen LogP contribution in [0.2, 0.25) is 0 Å². The van der Waals surface area contributed by atoms with E-state index in [9.17, 15) is 9.59 Å². The molecule has 0 aliphatic rings. The third-order valence-corrected chi connectivity index (χ3v) is 4.81. The summed E-state index contributed by atoms with van der Waals surface area (Å²) >= 11 is 0. The van der Waals surface area contributed by atoms with Crippen LogP contribution in [0.3, 0.4) is 0 Å². The highest BCUT2D eigenvalue weighted by Gasteiger charge is 2.13. The molecule has 1 heterocycles. The lowest BCUT2D eigenvalue weighted by atomic mass is 10.1. The highest BCUT2D eigenvalue weighted by molar-refractivity contribution is 6.05. The van der Waals surface area contributed by atoms with Crippen molar-refractivity contribution in [3.63, 3.8) is 0 Å². The fraction of sp³-hybridized carbons (Fsp3) is 0.174. The molecule has 0 spiro atoms. The zero-order valence-electron chi connectivity index (χ0n) is 16.2. The van der Waals surface area contributed by atoms with Gasteiger partial charge in [-0.1, -0.05) is 36.4 Å². The van der Waals surface area contributed by atoms with Gasteiger partial charge in [0.05, 0.1) is 0 Å². The van der Waals surface area contributed by atoms with E-state index in [1.807, 2.05) is 63.2 Å². The number of nitrogens with zero attached hydrogens (tertiary/aromatic N) is 1. The molecule has 0 unspecified atom stereocenters. The van der Waals surface area contributed by atoms with Gasteiger partial charge in [-0.3, -0.25) is 14.6 Å². The summed E-state index contributed by atoms with van der Waals surface area (Å²) in [6.45, 7) is 6.37. The van der Waals surface area contributed by atoms with Crippen LogP contribution in [-0.4, -0.2) is 16.8 Å². The Morgan fingerprint density at radius 1 is 0.893 bits per heavy atom. The van der Waals surface area contributed by atoms with Crippen molar-refractivity contribution in [2.45, 2.75) is 27.3 Å². The van der Waals surface area contributed by atoms with Crippen molar-refractivity contribution in [3.05, 3.63) is 94.3 Å². The Morgan fingerprint density at radius 3 is 2.43 bits per heavy atom. The van der Waals surface area contributed by atoms with Crippen molar-refractivity contribution in [2.75, 3.05) is 5.32 Å². The molecule has 2 amide bonds. The number of anilines is 1. The number of amides is 2. The molecule has 0 radical (unpaired) electrons. The van der Waals surface area contributed by atoms with Gasteiger partial charge in [0.15, 0.2) is 0 Å². The number of hydrogen-bond acceptors (Lipinski definition) is 3. The molecule has 28 heavy (non-hydrogen) atoms. The van der Waals surface area contributed by atoms with E-state index in [-0.39, 0.29) is 17.5 Å². The number of aromatic nitrogens is 1. The zero-order valence-corrected chi connectivity index (χ0v) is 16.2. The van der Waals surface area contributed by atoms with Crippen LogP contribution in [0.4, 0.5) is 5.69 Å². The first-order valence-corrected chi connectivity index (χ1v) is 9.12. The van der Waals surface area contributed by atoms with Gasteiger partial charge in [-0.05, 0) is 61.2 Å². The molecule has 0 aliphatic carbocycles. The van der Waals surface area contributed by atoms with Crippen molar-refractivity contribution in [1.29, 1.82) is 0 Å². The molecule has 3 aromatic rings. The fourth-order valence-corrected chi connectivity index (χ4v) is 2.85. The van der Waals surface area contributed by atoms with Gasteiger partial charge in [0.1, 0.15) is 5.69 Å². The van der Waals surface area contributed by atoms with Crippen LogP contribution in [0.1, 0.15) is 43.1 Å². The Kier molecular flexibility index (Phi) is 5.84. The van der Waals surface area contributed by atoms with Crippen molar-refractivity contribution in [3.8, 4) is 0 Å². The first-order chi connectivity index (χ1) is 13.5. The molecule has 5 heteroatoms. The predicted octanol–water partition coefficient (Wildman–Crippen LogP) is 4.19. The van der Waals surface area contributed by atoms with E-state index >= 15 is 0 Å². The topological polar surface area (TPSA) is 71.1 Å². The zero-order chi connectivity index (χ0) is 20.1. The van der Waals surface area contributed by atoms with Crippen LogP contribution in [0, 0.1) is 20.8 Å². The maximum absolute atomic E-state index is 12.6. The molecular formula is C23H23N3O2. The Morgan fingerprint density at radius 2 is 1.64 bits per heavy atom. The average Bonchev–Trinajstić information content (AvgIpc) is 2.70. The highest BCUT2D eigenvalue weighted by Crippen LogP contribution is 2.18. The maximum Gasteiger partial charge on any atom is 0.274 e. The molecule has 5 nitrogen and oxygen atoms in total. The lowest BCUT2D eigenvalue weighted by Crippen LogP contribution is -2.24. The quantitative estimate of drug-likeness (QED) is 0.704. The molecule has 2 N–H and O–H groups in total. The molecule has 0 aliphatic heterocycles. The van der Waals surface area contributed by atoms with Gasteiger partial charge in [0, 0.05) is 24.0 Å². The van der Waals surface area contributed by atoms with Gasteiger partial charge in [-0.15, -0.1) is 0 Å². The summed E-state index contributed by atoms with van der Waals surface area (Å²) in [6, 6.07) is 16.7. The largest absolute Gasteiger partial charge is 0.348 e. The second-order valence-electron chi connectivity index (χ2n) is 6.74. The van der Waals surface area contributed by atoms with Crippen LogP contribution in [-0.2, 0) is 6.54 Å². The van der Waals surface area contributed by atoms with E-state index in [1.165, 1.54) is 12.3 Å². The summed E-state index contributed by atoms with van der Waals surface area (Å²) < 4.78 is 0. The average molecular weight is 373 g/mol. The normalized spacial score (nSPS) is 10.4. The first kappa shape index (κ1) is 19.3. The maximum atomic E-state index is 12.6. The summed E-state index contributed by atoms with van der Waals surface area (Å²) in [5.74, 6) is -0.589. The Labute approximate surface area is 164 Å². The monoisotopic (exact) mass is 373 g/mol. The van der Waals surface area contributed by atoms with Crippen molar-refractivity contribution in [1.82, 2.24) is 10.3 Å². The second-order valence-corrected chi connectivity index (χ2v) is 6.74. The summed E-state index contributed by atoms with van der Waals surface area (Å²) in [5, 5.41) is 5.76. The third kappa shape index (κ3) is 4.43. The van der Waals surface area contributed by atoms with E-state index in [1.54, 1.807) is 6.07 Å². The summed E-state index contributed by atoms with van der Waals surface area (Å²) in [6.07, 6.45) is 1.47. The SMILES string of the molecule is Cc1ccccc1CNC(=O)c1ccnc(C(=O)Nc2cccc(C)c2C)c1. The van der Waals surface area contributed by atoms with E-state index in [4.69, 9.17) is 0 Å². The Balaban J connectivity index is 1.70. The minimum absolute atomic E-state index is 0.199. The number of carbonyl (C=O) groups is 2. The van der Waals surface area contributed by atoms with Crippen molar-refractivity contribution >= 4 is 17.5 Å². The molecule has 3 rings (SSSR count). The minimum atomic E-state index is -0.345. The van der Waals surface area contributed by atoms with Gasteiger partial charge in [-0.25, -0.2) is 0 Å². The predicted molar refractivity (Wildman–Crippen MR) is 110 cm³/mol. The molecule has 0 atom stereocenters. The number of hydrogen-bond donors (Lipinski definition) is 2. The van der Waals surface area contributed by atoms with Crippen LogP contribution < -0.4 is 10.6 Å². The number of benzene rings is 2. The van der Waals surface area contributed by atoms with Crippen molar-refractivity contribution < 1.29 is 9.59 Å². The second kappa shape index (κ2) is 8.48. The van der Waals surface area contributed by atoms with Crippen LogP contribution in [0.25, 0.3) is 0 Å². The summed E-state index contributed by atoms with van der Waals surface area (Å²) in [7, 11) is 0. The molecule has 0 bridgehead atoms. The number of aryl methyl sites for hydroxylation is 2. The first-order valence-electron chi connectivity index (χ1n) is 9.12. The third-order valence-electron chi connectivity index (χ3n) is 4.81. The van der Waals surface area contributed by atoms with Gasteiger partial charge in [0.25, 0.3) is 11.8 Å². The molecule has 0 saturated heterocycles. The smallest absolute Gasteiger partial charge is 0.274 e. The van der Waals surface area contributed by atoms with Crippen LogP contribution in [0.5, 0.6) is 0 Å². The summed E-state index contributed by atoms with van der Waals surface area (Å²) in [5.41, 5.74) is 5.60. The molecule has 142 valence electrons. The Bertz CT molecular complexity index is 1030. The number of carbonyl (C=O) groups excluding carboxylic acids is 2. The Hall–Kier alpha value is -3.47. The van der Waals surface area contributed by atoms with E-state index in [2.05, 4.69) is 15.6 Å². The molecule has 1 aromatic heterocycles. The van der Waals surface area contributed by atoms with Gasteiger partial charge >= 0.3 is 0 Å². The lowest BCUT2D eigenvalue weighted by molar-refractivity contribution is 0.0950. The number of rotatable bonds is 5. The van der Waals surface area contributed by atoms with Crippen LogP contribution >= 0.6 is 0 Å². The number of nitrogens with one attached hydrogen (secondary N) is 2. The van der Waals surface area contributed by atoms with E-state index < -0.39 is 0 Å². The summed E-state index contributed by atoms with van der Waals surface area (Å²) in [4.78, 5) is 29.2. The molecule has 2 aromatic carbocycles. The van der Waals surface area contributed by atoms with Gasteiger partial charge in [0.2, 0.25) is 0 Å². The number of pyridine rings is 1. The van der Waals surface area contributed by atoms with E-state index in [0.717, 1.165) is 27.9 Å². The molecule has 0 fully saturated rings. The van der Waals surface area contributed by atoms with Crippen LogP contribution in [0.15, 0.2) is 60.8 Å². The minimum Gasteiger partial charge on any atom is -0.348 e. The lowest BCUT2D eigenvalue weighted by Gasteiger charge is -2.11. The standard InChI is InChI=1S/C23H23N3O2/c1-15-8-6-10-20(17(15)3)26-23(28)21-13-18(11-12-24-21)22(27)25-14-19-9-5-4-7-16(19)2/h4-13H,14H2,1-3H3,(H,25,27)(H,26,28). The fourth-order valence-electron chi connectivity index (χ4n) is 2.85. The highest BCUT2D eigenvalue weighted by atomic mass is 16.2. The van der Waals surface area contributed by atoms with Gasteiger partial charge in [-0.2, -0.15) is 0 Å². The van der Waals surface area contributed by atoms with Crippen molar-refractivity contribution in [2.24, 2.45) is 0 Å². The molecule has 0 saturated carbocycles. The molecular weight excluding hydrogens is 350 g/mol.